The minimum absolute atomic E-state index is 0.324. The first kappa shape index (κ1) is 21.0. The molecule has 3 aromatic carbocycles. The molecule has 0 unspecified atom stereocenters. The van der Waals surface area contributed by atoms with Gasteiger partial charge in [0.1, 0.15) is 23.1 Å². The van der Waals surface area contributed by atoms with Gasteiger partial charge in [-0.05, 0) is 41.5 Å². The van der Waals surface area contributed by atoms with Crippen molar-refractivity contribution in [2.75, 3.05) is 0 Å². The predicted octanol–water partition coefficient (Wildman–Crippen LogP) is 7.47. The molecule has 172 valence electrons. The summed E-state index contributed by atoms with van der Waals surface area (Å²) in [6.07, 6.45) is 4.26. The van der Waals surface area contributed by atoms with Gasteiger partial charge in [-0.1, -0.05) is 94.4 Å². The zero-order valence-electron chi connectivity index (χ0n) is 22.0. The number of hydrogen-bond donors (Lipinski definition) is 0. The zero-order chi connectivity index (χ0) is 24.9. The van der Waals surface area contributed by atoms with Crippen LogP contribution in [0.1, 0.15) is 57.6 Å². The highest BCUT2D eigenvalue weighted by molar-refractivity contribution is 5.90. The number of benzene rings is 3. The molecule has 0 aliphatic carbocycles. The second-order valence-electron chi connectivity index (χ2n) is 9.72. The number of imidazole rings is 1. The van der Waals surface area contributed by atoms with Crippen LogP contribution in [0.25, 0.3) is 33.8 Å². The van der Waals surface area contributed by atoms with Gasteiger partial charge in [0, 0.05) is 12.3 Å². The van der Waals surface area contributed by atoms with E-state index >= 15 is 0 Å². The number of aromatic nitrogens is 3. The van der Waals surface area contributed by atoms with Crippen molar-refractivity contribution in [2.45, 2.75) is 46.4 Å². The van der Waals surface area contributed by atoms with Crippen molar-refractivity contribution in [1.29, 1.82) is 0 Å². The van der Waals surface area contributed by atoms with E-state index in [0.29, 0.717) is 5.92 Å². The fourth-order valence-electron chi connectivity index (χ4n) is 5.07. The summed E-state index contributed by atoms with van der Waals surface area (Å²) in [5, 5.41) is 1.22. The summed E-state index contributed by atoms with van der Waals surface area (Å²) in [5.41, 5.74) is 8.14. The first-order valence-corrected chi connectivity index (χ1v) is 12.1. The molecule has 0 saturated heterocycles. The van der Waals surface area contributed by atoms with Gasteiger partial charge >= 0.3 is 5.95 Å². The second kappa shape index (κ2) is 8.64. The van der Waals surface area contributed by atoms with Gasteiger partial charge in [-0.15, -0.1) is 0 Å². The highest BCUT2D eigenvalue weighted by atomic mass is 15.3. The Balaban J connectivity index is 1.92. The highest BCUT2D eigenvalue weighted by Gasteiger charge is 2.29. The maximum absolute atomic E-state index is 8.97. The third-order valence-electron chi connectivity index (χ3n) is 6.73. The molecule has 0 aliphatic heterocycles. The monoisotopic (exact) mass is 449 g/mol. The van der Waals surface area contributed by atoms with E-state index in [1.165, 1.54) is 27.6 Å². The first-order chi connectivity index (χ1) is 16.7. The molecule has 0 radical (unpaired) electrons. The Bertz CT molecular complexity index is 1510. The van der Waals surface area contributed by atoms with Crippen molar-refractivity contribution in [3.63, 3.8) is 0 Å². The average molecular weight is 450 g/mol. The number of fused-ring (bicyclic) bond motifs is 1. The Morgan fingerprint density at radius 3 is 2.26 bits per heavy atom. The molecular weight excluding hydrogens is 414 g/mol. The van der Waals surface area contributed by atoms with E-state index in [1.807, 2.05) is 13.8 Å². The summed E-state index contributed by atoms with van der Waals surface area (Å²) in [7, 11) is 2.11. The Labute approximate surface area is 204 Å². The van der Waals surface area contributed by atoms with E-state index in [4.69, 9.17) is 1.37 Å². The van der Waals surface area contributed by atoms with E-state index < -0.39 is 5.89 Å². The Hall–Kier alpha value is -3.59. The average Bonchev–Trinajstić information content (AvgIpc) is 3.39. The van der Waals surface area contributed by atoms with Crippen LogP contribution in [0.3, 0.4) is 0 Å². The molecule has 0 spiro atoms. The van der Waals surface area contributed by atoms with Crippen LogP contribution >= 0.6 is 0 Å². The molecule has 3 heteroatoms. The number of nitrogens with zero attached hydrogens (tertiary/aromatic N) is 3. The molecule has 2 heterocycles. The molecule has 0 fully saturated rings. The summed E-state index contributed by atoms with van der Waals surface area (Å²) in [6, 6.07) is 25.8. The predicted molar refractivity (Wildman–Crippen MR) is 142 cm³/mol. The SMILES string of the molecule is [2H]C(C)(C)c1cccc(C(C)C)c1-n1cc[n+](C)c1-n1c(-c2ccccc2)cc2cccc(C)c21. The topological polar surface area (TPSA) is 13.7 Å². The van der Waals surface area contributed by atoms with Crippen LogP contribution in [0.4, 0.5) is 0 Å². The van der Waals surface area contributed by atoms with Gasteiger partial charge in [-0.2, -0.15) is 4.57 Å². The molecule has 0 bridgehead atoms. The fraction of sp³-hybridized carbons (Fsp3) is 0.258. The van der Waals surface area contributed by atoms with Crippen LogP contribution < -0.4 is 4.57 Å². The van der Waals surface area contributed by atoms with Gasteiger partial charge in [0.05, 0.1) is 13.2 Å². The third-order valence-corrected chi connectivity index (χ3v) is 6.73. The second-order valence-corrected chi connectivity index (χ2v) is 9.72. The van der Waals surface area contributed by atoms with Gasteiger partial charge in [0.2, 0.25) is 0 Å². The van der Waals surface area contributed by atoms with Crippen LogP contribution in [-0.4, -0.2) is 9.13 Å². The van der Waals surface area contributed by atoms with Gasteiger partial charge in [0.25, 0.3) is 0 Å². The van der Waals surface area contributed by atoms with E-state index in [1.54, 1.807) is 0 Å². The molecule has 34 heavy (non-hydrogen) atoms. The largest absolute Gasteiger partial charge is 0.374 e. The van der Waals surface area contributed by atoms with Crippen molar-refractivity contribution >= 4 is 10.9 Å². The molecule has 0 atom stereocenters. The quantitative estimate of drug-likeness (QED) is 0.247. The molecule has 0 saturated carbocycles. The van der Waals surface area contributed by atoms with Gasteiger partial charge in [0.15, 0.2) is 0 Å². The van der Waals surface area contributed by atoms with Gasteiger partial charge in [-0.25, -0.2) is 9.13 Å². The van der Waals surface area contributed by atoms with E-state index in [9.17, 15) is 0 Å². The minimum Gasteiger partial charge on any atom is -0.237 e. The lowest BCUT2D eigenvalue weighted by Crippen LogP contribution is -2.33. The number of aryl methyl sites for hydroxylation is 2. The van der Waals surface area contributed by atoms with Crippen LogP contribution in [0.15, 0.2) is 85.2 Å². The number of hydrogen-bond acceptors (Lipinski definition) is 0. The first-order valence-electron chi connectivity index (χ1n) is 12.6. The number of para-hydroxylation sites is 2. The van der Waals surface area contributed by atoms with Gasteiger partial charge < -0.3 is 0 Å². The van der Waals surface area contributed by atoms with Crippen LogP contribution in [0.5, 0.6) is 0 Å². The summed E-state index contributed by atoms with van der Waals surface area (Å²) in [6.45, 7) is 10.6. The van der Waals surface area contributed by atoms with Crippen molar-refractivity contribution in [1.82, 2.24) is 9.13 Å². The molecule has 5 rings (SSSR count). The van der Waals surface area contributed by atoms with Crippen LogP contribution in [-0.2, 0) is 7.05 Å². The maximum atomic E-state index is 8.97. The van der Waals surface area contributed by atoms with Gasteiger partial charge in [-0.3, -0.25) is 0 Å². The summed E-state index contributed by atoms with van der Waals surface area (Å²) < 4.78 is 15.8. The summed E-state index contributed by atoms with van der Waals surface area (Å²) >= 11 is 0. The van der Waals surface area contributed by atoms with E-state index in [-0.39, 0.29) is 0 Å². The summed E-state index contributed by atoms with van der Waals surface area (Å²) in [4.78, 5) is 0. The van der Waals surface area contributed by atoms with Crippen LogP contribution in [0, 0.1) is 6.92 Å². The number of rotatable bonds is 5. The van der Waals surface area contributed by atoms with Crippen molar-refractivity contribution in [3.05, 3.63) is 102 Å². The molecule has 0 amide bonds. The smallest absolute Gasteiger partial charge is 0.237 e. The van der Waals surface area contributed by atoms with E-state index in [2.05, 4.69) is 127 Å². The summed E-state index contributed by atoms with van der Waals surface area (Å²) in [5.74, 6) is 0.633. The normalized spacial score (nSPS) is 12.5. The standard InChI is InChI=1S/C31H34N3/c1-21(2)26-16-11-17-27(22(3)4)30(26)33-19-18-32(6)31(33)34-28(24-13-8-7-9-14-24)20-25-15-10-12-23(5)29(25)34/h7-22H,1-6H3/q+1/i21D. The fourth-order valence-corrected chi connectivity index (χ4v) is 5.07. The maximum Gasteiger partial charge on any atom is 0.374 e. The van der Waals surface area contributed by atoms with Crippen LogP contribution in [0.2, 0.25) is 0 Å². The molecular formula is C31H34N3+. The molecule has 3 nitrogen and oxygen atoms in total. The molecule has 0 aliphatic rings. The lowest BCUT2D eigenvalue weighted by atomic mass is 9.92. The highest BCUT2D eigenvalue weighted by Crippen LogP contribution is 2.36. The molecule has 0 N–H and O–H groups in total. The zero-order valence-corrected chi connectivity index (χ0v) is 21.0. The minimum atomic E-state index is -0.739. The lowest BCUT2D eigenvalue weighted by molar-refractivity contribution is -0.664. The lowest BCUT2D eigenvalue weighted by Gasteiger charge is -2.19. The Morgan fingerprint density at radius 2 is 1.56 bits per heavy atom. The third kappa shape index (κ3) is 3.56. The van der Waals surface area contributed by atoms with Crippen molar-refractivity contribution < 1.29 is 5.94 Å². The van der Waals surface area contributed by atoms with Crippen molar-refractivity contribution in [2.24, 2.45) is 7.05 Å². The van der Waals surface area contributed by atoms with E-state index in [0.717, 1.165) is 22.9 Å². The molecule has 2 aromatic heterocycles. The Morgan fingerprint density at radius 1 is 0.853 bits per heavy atom. The Kier molecular flexibility index (Phi) is 5.33. The molecule has 5 aromatic rings. The van der Waals surface area contributed by atoms with Crippen molar-refractivity contribution in [3.8, 4) is 22.9 Å².